The molecule has 1 aliphatic heterocycles. The summed E-state index contributed by atoms with van der Waals surface area (Å²) in [6.45, 7) is 3.68. The highest BCUT2D eigenvalue weighted by Crippen LogP contribution is 2.60. The number of nitrogens with one attached hydrogen (secondary N) is 2. The number of carbonyl (C=O) groups excluding carboxylic acids is 2. The van der Waals surface area contributed by atoms with Gasteiger partial charge < -0.3 is 9.47 Å². The van der Waals surface area contributed by atoms with Crippen LogP contribution >= 0.6 is 11.3 Å². The van der Waals surface area contributed by atoms with Gasteiger partial charge in [0, 0.05) is 42.0 Å². The summed E-state index contributed by atoms with van der Waals surface area (Å²) in [6.07, 6.45) is 9.16. The quantitative estimate of drug-likeness (QED) is 0.171. The number of thiazole rings is 1. The molecule has 2 amide bonds. The van der Waals surface area contributed by atoms with E-state index in [1.807, 2.05) is 60.4 Å². The first-order chi connectivity index (χ1) is 25.9. The number of amides is 2. The summed E-state index contributed by atoms with van der Waals surface area (Å²) in [5, 5.41) is 13.8. The number of sulfonamides is 1. The normalized spacial score (nSPS) is 22.9. The van der Waals surface area contributed by atoms with Crippen molar-refractivity contribution in [3.05, 3.63) is 94.4 Å². The lowest BCUT2D eigenvalue weighted by atomic mass is 9.49. The third-order valence-electron chi connectivity index (χ3n) is 12.2. The highest BCUT2D eigenvalue weighted by molar-refractivity contribution is 7.89. The van der Waals surface area contributed by atoms with E-state index in [2.05, 4.69) is 25.7 Å². The first-order valence-corrected chi connectivity index (χ1v) is 21.3. The molecule has 13 heteroatoms. The molecular weight excluding hydrogens is 719 g/mol. The Morgan fingerprint density at radius 2 is 1.70 bits per heavy atom. The molecule has 4 heterocycles. The van der Waals surface area contributed by atoms with Crippen molar-refractivity contribution < 1.29 is 18.0 Å². The van der Waals surface area contributed by atoms with Gasteiger partial charge in [-0.1, -0.05) is 35.6 Å². The number of nitriles is 1. The fourth-order valence-electron chi connectivity index (χ4n) is 10.3. The van der Waals surface area contributed by atoms with Crippen molar-refractivity contribution in [3.8, 4) is 17.2 Å². The van der Waals surface area contributed by atoms with Crippen molar-refractivity contribution in [2.24, 2.45) is 23.2 Å². The average Bonchev–Trinajstić information content (AvgIpc) is 3.68. The lowest BCUT2D eigenvalue weighted by molar-refractivity contribution is -0.0621. The highest BCUT2D eigenvalue weighted by atomic mass is 32.2. The van der Waals surface area contributed by atoms with Crippen LogP contribution < -0.4 is 14.9 Å². The maximum Gasteiger partial charge on any atom is 0.284 e. The first kappa shape index (κ1) is 34.7. The molecule has 276 valence electrons. The maximum atomic E-state index is 13.7. The van der Waals surface area contributed by atoms with Crippen molar-refractivity contribution in [1.29, 1.82) is 5.26 Å². The molecule has 0 radical (unpaired) electrons. The molecule has 3 aromatic heterocycles. The van der Waals surface area contributed by atoms with Crippen molar-refractivity contribution in [1.82, 2.24) is 19.3 Å². The summed E-state index contributed by atoms with van der Waals surface area (Å²) in [7, 11) is -3.91. The number of hydrogen-bond donors (Lipinski definition) is 2. The molecule has 0 spiro atoms. The van der Waals surface area contributed by atoms with E-state index in [-0.39, 0.29) is 17.0 Å². The molecule has 5 aliphatic rings. The topological polar surface area (TPSA) is 150 Å². The van der Waals surface area contributed by atoms with Crippen molar-refractivity contribution in [2.75, 3.05) is 23.0 Å². The third kappa shape index (κ3) is 6.35. The van der Waals surface area contributed by atoms with Crippen LogP contribution in [0.1, 0.15) is 81.9 Å². The van der Waals surface area contributed by atoms with Gasteiger partial charge in [-0.2, -0.15) is 5.26 Å². The Labute approximate surface area is 318 Å². The van der Waals surface area contributed by atoms with Crippen LogP contribution in [-0.2, 0) is 29.5 Å². The van der Waals surface area contributed by atoms with E-state index in [0.29, 0.717) is 52.8 Å². The summed E-state index contributed by atoms with van der Waals surface area (Å²) in [5.41, 5.74) is 5.94. The minimum absolute atomic E-state index is 0.0369. The SMILES string of the molecule is Cc1c(-c2ccc(N3CCc4cccc(C(=O)Nc5nc6ccccc6s5)c4C3)nc2C(=O)NS(C)(=O)=O)cc(C#N)n1CC12CC3CC(CC(C3)C1)C2. The fraction of sp³-hybridized carbons (Fsp3) is 0.390. The zero-order valence-corrected chi connectivity index (χ0v) is 31.9. The molecule has 4 saturated carbocycles. The lowest BCUT2D eigenvalue weighted by Gasteiger charge is -2.57. The van der Waals surface area contributed by atoms with Crippen LogP contribution in [0.5, 0.6) is 0 Å². The lowest BCUT2D eigenvalue weighted by Crippen LogP contribution is -2.48. The number of carbonyl (C=O) groups is 2. The Kier molecular flexibility index (Phi) is 8.39. The molecule has 4 aliphatic carbocycles. The first-order valence-electron chi connectivity index (χ1n) is 18.6. The second-order valence-corrected chi connectivity index (χ2v) is 18.7. The number of nitrogens with zero attached hydrogens (tertiary/aromatic N) is 5. The molecule has 54 heavy (non-hydrogen) atoms. The number of rotatable bonds is 8. The molecular formula is C41H41N7O4S2. The van der Waals surface area contributed by atoms with Gasteiger partial charge in [0.2, 0.25) is 10.0 Å². The monoisotopic (exact) mass is 759 g/mol. The van der Waals surface area contributed by atoms with Crippen LogP contribution in [0.15, 0.2) is 60.7 Å². The largest absolute Gasteiger partial charge is 0.352 e. The van der Waals surface area contributed by atoms with E-state index in [4.69, 9.17) is 4.98 Å². The molecule has 0 atom stereocenters. The number of benzene rings is 2. The Morgan fingerprint density at radius 3 is 2.41 bits per heavy atom. The summed E-state index contributed by atoms with van der Waals surface area (Å²) in [6, 6.07) is 21.3. The number of fused-ring (bicyclic) bond motifs is 2. The second-order valence-electron chi connectivity index (χ2n) is 16.0. The minimum Gasteiger partial charge on any atom is -0.352 e. The van der Waals surface area contributed by atoms with E-state index >= 15 is 0 Å². The standard InChI is InChI=1S/C41H41N7O4S2/c1-24-32(17-29(21-42)48(24)23-41-18-25-14-26(19-41)16-27(15-25)20-41)30-10-11-36(44-37(30)39(50)46-54(2,51)52)47-13-12-28-6-5-7-31(33(28)22-47)38(49)45-40-43-34-8-3-4-9-35(34)53-40/h3-11,17,25-27H,12-16,18-20,22-23H2,1-2H3,(H,46,50)(H,43,45,49). The van der Waals surface area contributed by atoms with Crippen LogP contribution in [0.3, 0.4) is 0 Å². The van der Waals surface area contributed by atoms with E-state index < -0.39 is 15.9 Å². The Bertz CT molecular complexity index is 2450. The van der Waals surface area contributed by atoms with E-state index in [1.165, 1.54) is 49.9 Å². The van der Waals surface area contributed by atoms with Crippen LogP contribution in [0, 0.1) is 41.4 Å². The minimum atomic E-state index is -3.91. The number of para-hydroxylation sites is 1. The van der Waals surface area contributed by atoms with E-state index in [1.54, 1.807) is 12.1 Å². The predicted octanol–water partition coefficient (Wildman–Crippen LogP) is 7.06. The van der Waals surface area contributed by atoms with Gasteiger partial charge in [-0.15, -0.1) is 0 Å². The van der Waals surface area contributed by atoms with Gasteiger partial charge in [0.05, 0.1) is 16.5 Å². The fourth-order valence-corrected chi connectivity index (χ4v) is 11.6. The number of anilines is 2. The van der Waals surface area contributed by atoms with E-state index in [0.717, 1.165) is 57.6 Å². The average molecular weight is 760 g/mol. The number of aromatic nitrogens is 3. The molecule has 0 saturated heterocycles. The second kappa shape index (κ2) is 13.1. The third-order valence-corrected chi connectivity index (χ3v) is 13.7. The van der Waals surface area contributed by atoms with Crippen molar-refractivity contribution in [2.45, 2.75) is 65.0 Å². The maximum absolute atomic E-state index is 13.7. The van der Waals surface area contributed by atoms with Crippen LogP contribution in [0.4, 0.5) is 10.9 Å². The molecule has 2 N–H and O–H groups in total. The summed E-state index contributed by atoms with van der Waals surface area (Å²) < 4.78 is 29.9. The summed E-state index contributed by atoms with van der Waals surface area (Å²) >= 11 is 1.42. The van der Waals surface area contributed by atoms with Gasteiger partial charge in [-0.05, 0) is 123 Å². The Hall–Kier alpha value is -5.06. The summed E-state index contributed by atoms with van der Waals surface area (Å²) in [4.78, 5) is 38.8. The molecule has 0 unspecified atom stereocenters. The zero-order valence-electron chi connectivity index (χ0n) is 30.3. The highest BCUT2D eigenvalue weighted by Gasteiger charge is 2.51. The molecule has 2 aromatic carbocycles. The molecule has 10 rings (SSSR count). The predicted molar refractivity (Wildman–Crippen MR) is 209 cm³/mol. The smallest absolute Gasteiger partial charge is 0.284 e. The molecule has 4 fully saturated rings. The molecule has 5 aromatic rings. The number of pyridine rings is 1. The molecule has 4 bridgehead atoms. The Balaban J connectivity index is 1.04. The van der Waals surface area contributed by atoms with Gasteiger partial charge in [-0.25, -0.2) is 23.1 Å². The van der Waals surface area contributed by atoms with Crippen molar-refractivity contribution in [3.63, 3.8) is 0 Å². The molecule has 11 nitrogen and oxygen atoms in total. The number of hydrogen-bond acceptors (Lipinski definition) is 9. The van der Waals surface area contributed by atoms with Crippen LogP contribution in [0.2, 0.25) is 0 Å². The van der Waals surface area contributed by atoms with E-state index in [9.17, 15) is 23.3 Å². The van der Waals surface area contributed by atoms with Gasteiger partial charge in [0.1, 0.15) is 23.3 Å². The van der Waals surface area contributed by atoms with Crippen LogP contribution in [0.25, 0.3) is 21.3 Å². The van der Waals surface area contributed by atoms with Gasteiger partial charge in [0.25, 0.3) is 11.8 Å². The van der Waals surface area contributed by atoms with Gasteiger partial charge in [0.15, 0.2) is 5.13 Å². The van der Waals surface area contributed by atoms with Gasteiger partial charge in [-0.3, -0.25) is 14.9 Å². The van der Waals surface area contributed by atoms with Crippen LogP contribution in [-0.4, -0.2) is 47.6 Å². The Morgan fingerprint density at radius 1 is 0.963 bits per heavy atom. The zero-order chi connectivity index (χ0) is 37.4. The summed E-state index contributed by atoms with van der Waals surface area (Å²) in [5.74, 6) is 1.69. The van der Waals surface area contributed by atoms with Gasteiger partial charge >= 0.3 is 0 Å². The van der Waals surface area contributed by atoms with Crippen molar-refractivity contribution >= 4 is 54.3 Å².